The number of benzene rings is 2. The summed E-state index contributed by atoms with van der Waals surface area (Å²) in [7, 11) is 1.58. The van der Waals surface area contributed by atoms with Gasteiger partial charge in [0, 0.05) is 5.69 Å². The van der Waals surface area contributed by atoms with E-state index in [4.69, 9.17) is 16.3 Å². The molecular formula is C19H21ClN2O3S. The summed E-state index contributed by atoms with van der Waals surface area (Å²) in [6, 6.07) is 13.1. The Morgan fingerprint density at radius 2 is 1.85 bits per heavy atom. The van der Waals surface area contributed by atoms with Crippen molar-refractivity contribution >= 4 is 40.9 Å². The molecule has 0 aliphatic carbocycles. The fourth-order valence-electron chi connectivity index (χ4n) is 2.29. The summed E-state index contributed by atoms with van der Waals surface area (Å²) in [5.74, 6) is 0.800. The largest absolute Gasteiger partial charge is 0.497 e. The topological polar surface area (TPSA) is 67.4 Å². The van der Waals surface area contributed by atoms with Crippen LogP contribution in [0, 0.1) is 0 Å². The van der Waals surface area contributed by atoms with Crippen molar-refractivity contribution in [1.82, 2.24) is 5.32 Å². The maximum Gasteiger partial charge on any atom is 0.253 e. The van der Waals surface area contributed by atoms with Crippen molar-refractivity contribution in [3.05, 3.63) is 59.1 Å². The number of carbonyl (C=O) groups excluding carboxylic acids is 2. The van der Waals surface area contributed by atoms with E-state index in [1.807, 2.05) is 6.26 Å². The first-order valence-corrected chi connectivity index (χ1v) is 9.81. The Morgan fingerprint density at radius 1 is 1.15 bits per heavy atom. The molecular weight excluding hydrogens is 372 g/mol. The normalized spacial score (nSPS) is 11.5. The standard InChI is InChI=1S/C19H21ClN2O3S/c1-25-14-9-7-13(8-10-14)21-19(24)17(11-12-26-2)22-18(23)15-5-3-4-6-16(15)20/h3-10,17H,11-12H2,1-2H3,(H,21,24)(H,22,23)/t17-/m0/s1. The van der Waals surface area contributed by atoms with Crippen molar-refractivity contribution in [2.75, 3.05) is 24.4 Å². The van der Waals surface area contributed by atoms with Gasteiger partial charge in [-0.25, -0.2) is 0 Å². The smallest absolute Gasteiger partial charge is 0.253 e. The molecule has 0 radical (unpaired) electrons. The van der Waals surface area contributed by atoms with Crippen LogP contribution in [0.4, 0.5) is 5.69 Å². The van der Waals surface area contributed by atoms with Gasteiger partial charge in [-0.1, -0.05) is 23.7 Å². The van der Waals surface area contributed by atoms with E-state index in [0.717, 1.165) is 5.75 Å². The van der Waals surface area contributed by atoms with Gasteiger partial charge in [0.25, 0.3) is 5.91 Å². The van der Waals surface area contributed by atoms with Gasteiger partial charge in [-0.15, -0.1) is 0 Å². The Balaban J connectivity index is 2.08. The van der Waals surface area contributed by atoms with Gasteiger partial charge in [-0.3, -0.25) is 9.59 Å². The molecule has 26 heavy (non-hydrogen) atoms. The molecule has 0 spiro atoms. The lowest BCUT2D eigenvalue weighted by atomic mass is 10.1. The van der Waals surface area contributed by atoms with Crippen LogP contribution in [0.15, 0.2) is 48.5 Å². The highest BCUT2D eigenvalue weighted by Gasteiger charge is 2.22. The molecule has 2 rings (SSSR count). The molecule has 0 saturated carbocycles. The SMILES string of the molecule is COc1ccc(NC(=O)[C@H](CCSC)NC(=O)c2ccccc2Cl)cc1. The summed E-state index contributed by atoms with van der Waals surface area (Å²) in [5, 5.41) is 5.95. The second-order valence-electron chi connectivity index (χ2n) is 5.51. The molecule has 138 valence electrons. The van der Waals surface area contributed by atoms with E-state index in [2.05, 4.69) is 10.6 Å². The molecule has 0 heterocycles. The molecule has 0 unspecified atom stereocenters. The van der Waals surface area contributed by atoms with E-state index < -0.39 is 6.04 Å². The highest BCUT2D eigenvalue weighted by Crippen LogP contribution is 2.17. The van der Waals surface area contributed by atoms with Gasteiger partial charge < -0.3 is 15.4 Å². The van der Waals surface area contributed by atoms with Crippen molar-refractivity contribution in [3.63, 3.8) is 0 Å². The van der Waals surface area contributed by atoms with E-state index in [1.165, 1.54) is 0 Å². The highest BCUT2D eigenvalue weighted by molar-refractivity contribution is 7.98. The third kappa shape index (κ3) is 5.68. The predicted octanol–water partition coefficient (Wildman–Crippen LogP) is 3.84. The van der Waals surface area contributed by atoms with Crippen molar-refractivity contribution in [3.8, 4) is 5.75 Å². The van der Waals surface area contributed by atoms with Gasteiger partial charge in [-0.2, -0.15) is 11.8 Å². The summed E-state index contributed by atoms with van der Waals surface area (Å²) in [6.07, 6.45) is 2.47. The molecule has 5 nitrogen and oxygen atoms in total. The zero-order valence-electron chi connectivity index (χ0n) is 14.6. The van der Waals surface area contributed by atoms with Gasteiger partial charge in [0.05, 0.1) is 17.7 Å². The monoisotopic (exact) mass is 392 g/mol. The molecule has 7 heteroatoms. The lowest BCUT2D eigenvalue weighted by Crippen LogP contribution is -2.44. The zero-order valence-corrected chi connectivity index (χ0v) is 16.2. The number of nitrogens with one attached hydrogen (secondary N) is 2. The maximum absolute atomic E-state index is 12.6. The van der Waals surface area contributed by atoms with Crippen LogP contribution < -0.4 is 15.4 Å². The van der Waals surface area contributed by atoms with E-state index in [9.17, 15) is 9.59 Å². The minimum absolute atomic E-state index is 0.273. The Labute approximate surface area is 162 Å². The van der Waals surface area contributed by atoms with Crippen LogP contribution in [-0.4, -0.2) is 37.0 Å². The van der Waals surface area contributed by atoms with Gasteiger partial charge in [0.2, 0.25) is 5.91 Å². The van der Waals surface area contributed by atoms with Crippen LogP contribution in [0.1, 0.15) is 16.8 Å². The lowest BCUT2D eigenvalue weighted by molar-refractivity contribution is -0.118. The number of carbonyl (C=O) groups is 2. The summed E-state index contributed by atoms with van der Waals surface area (Å²) < 4.78 is 5.10. The molecule has 2 N–H and O–H groups in total. The first-order valence-electron chi connectivity index (χ1n) is 8.04. The predicted molar refractivity (Wildman–Crippen MR) is 107 cm³/mol. The average molecular weight is 393 g/mol. The van der Waals surface area contributed by atoms with Crippen molar-refractivity contribution in [1.29, 1.82) is 0 Å². The average Bonchev–Trinajstić information content (AvgIpc) is 2.65. The van der Waals surface area contributed by atoms with E-state index in [1.54, 1.807) is 67.4 Å². The van der Waals surface area contributed by atoms with Crippen molar-refractivity contribution in [2.24, 2.45) is 0 Å². The highest BCUT2D eigenvalue weighted by atomic mass is 35.5. The molecule has 1 atom stereocenters. The van der Waals surface area contributed by atoms with Gasteiger partial charge in [0.1, 0.15) is 11.8 Å². The second kappa shape index (κ2) is 10.1. The van der Waals surface area contributed by atoms with Crippen LogP contribution in [0.5, 0.6) is 5.75 Å². The maximum atomic E-state index is 12.6. The molecule has 0 aromatic heterocycles. The number of rotatable bonds is 8. The zero-order chi connectivity index (χ0) is 18.9. The van der Waals surface area contributed by atoms with Gasteiger partial charge >= 0.3 is 0 Å². The van der Waals surface area contributed by atoms with Crippen molar-refractivity contribution in [2.45, 2.75) is 12.5 Å². The summed E-state index contributed by atoms with van der Waals surface area (Å²) >= 11 is 7.68. The number of hydrogen-bond acceptors (Lipinski definition) is 4. The number of ether oxygens (including phenoxy) is 1. The van der Waals surface area contributed by atoms with Crippen molar-refractivity contribution < 1.29 is 14.3 Å². The number of methoxy groups -OCH3 is 1. The Hall–Kier alpha value is -2.18. The minimum Gasteiger partial charge on any atom is -0.497 e. The quantitative estimate of drug-likeness (QED) is 0.716. The summed E-state index contributed by atoms with van der Waals surface area (Å²) in [6.45, 7) is 0. The number of hydrogen-bond donors (Lipinski definition) is 2. The third-order valence-corrected chi connectivity index (χ3v) is 4.68. The summed E-state index contributed by atoms with van der Waals surface area (Å²) in [5.41, 5.74) is 0.984. The van der Waals surface area contributed by atoms with Gasteiger partial charge in [0.15, 0.2) is 0 Å². The van der Waals surface area contributed by atoms with Crippen LogP contribution in [0.25, 0.3) is 0 Å². The summed E-state index contributed by atoms with van der Waals surface area (Å²) in [4.78, 5) is 25.1. The van der Waals surface area contributed by atoms with E-state index in [0.29, 0.717) is 28.4 Å². The molecule has 0 aliphatic heterocycles. The molecule has 2 amide bonds. The van der Waals surface area contributed by atoms with Gasteiger partial charge in [-0.05, 0) is 54.8 Å². The van der Waals surface area contributed by atoms with Crippen LogP contribution in [0.3, 0.4) is 0 Å². The number of thioether (sulfide) groups is 1. The first-order chi connectivity index (χ1) is 12.5. The fraction of sp³-hybridized carbons (Fsp3) is 0.263. The van der Waals surface area contributed by atoms with E-state index in [-0.39, 0.29) is 11.8 Å². The Morgan fingerprint density at radius 3 is 2.46 bits per heavy atom. The number of anilines is 1. The molecule has 2 aromatic carbocycles. The lowest BCUT2D eigenvalue weighted by Gasteiger charge is -2.18. The third-order valence-electron chi connectivity index (χ3n) is 3.71. The Kier molecular flexibility index (Phi) is 7.81. The molecule has 0 fully saturated rings. The van der Waals surface area contributed by atoms with Crippen LogP contribution in [0.2, 0.25) is 5.02 Å². The Bertz CT molecular complexity index is 753. The number of halogens is 1. The molecule has 0 saturated heterocycles. The van der Waals surface area contributed by atoms with Crippen LogP contribution >= 0.6 is 23.4 Å². The minimum atomic E-state index is -0.659. The van der Waals surface area contributed by atoms with Crippen LogP contribution in [-0.2, 0) is 4.79 Å². The molecule has 0 aliphatic rings. The molecule has 2 aromatic rings. The fourth-order valence-corrected chi connectivity index (χ4v) is 2.98. The van der Waals surface area contributed by atoms with E-state index >= 15 is 0 Å². The number of amides is 2. The first kappa shape index (κ1) is 20.1. The second-order valence-corrected chi connectivity index (χ2v) is 6.90. The molecule has 0 bridgehead atoms.